The third kappa shape index (κ3) is 2.49. The molecule has 0 aliphatic carbocycles. The Bertz CT molecular complexity index is 2510. The van der Waals surface area contributed by atoms with Gasteiger partial charge >= 0.3 is 0 Å². The summed E-state index contributed by atoms with van der Waals surface area (Å²) in [5, 5.41) is -1.24. The molecule has 0 saturated heterocycles. The van der Waals surface area contributed by atoms with Crippen LogP contribution < -0.4 is 0 Å². The zero-order valence-corrected chi connectivity index (χ0v) is 16.9. The van der Waals surface area contributed by atoms with Gasteiger partial charge in [0.1, 0.15) is 0 Å². The average Bonchev–Trinajstić information content (AvgIpc) is 3.65. The van der Waals surface area contributed by atoms with E-state index in [4.69, 9.17) is 26.0 Å². The maximum Gasteiger partial charge on any atom is 0.0645 e. The second-order valence-electron chi connectivity index (χ2n) is 7.26. The molecular weight excluding hydrogens is 400 g/mol. The van der Waals surface area contributed by atoms with E-state index < -0.39 is 115 Å². The second-order valence-corrected chi connectivity index (χ2v) is 7.26. The van der Waals surface area contributed by atoms with Gasteiger partial charge in [0.25, 0.3) is 0 Å². The number of fused-ring (bicyclic) bond motifs is 6. The molecule has 0 saturated carbocycles. The zero-order chi connectivity index (χ0) is 38.5. The zero-order valence-electron chi connectivity index (χ0n) is 35.9. The second kappa shape index (κ2) is 6.85. The van der Waals surface area contributed by atoms with Crippen LogP contribution in [0.15, 0.2) is 115 Å². The fourth-order valence-electron chi connectivity index (χ4n) is 4.19. The van der Waals surface area contributed by atoms with Crippen molar-refractivity contribution in [2.24, 2.45) is 0 Å². The van der Waals surface area contributed by atoms with Gasteiger partial charge in [0.15, 0.2) is 0 Å². The Kier molecular flexibility index (Phi) is 1.58. The minimum absolute atomic E-state index is 0.164. The van der Waals surface area contributed by atoms with Crippen molar-refractivity contribution in [2.45, 2.75) is 6.92 Å². The summed E-state index contributed by atoms with van der Waals surface area (Å²) in [5.41, 5.74) is -2.44. The third-order valence-electron chi connectivity index (χ3n) is 5.58. The van der Waals surface area contributed by atoms with Gasteiger partial charge in [-0.05, 0) is 48.7 Å². The van der Waals surface area contributed by atoms with Crippen molar-refractivity contribution in [3.8, 4) is 11.4 Å². The molecule has 33 heavy (non-hydrogen) atoms. The van der Waals surface area contributed by atoms with Gasteiger partial charge in [-0.3, -0.25) is 0 Å². The summed E-state index contributed by atoms with van der Waals surface area (Å²) in [7, 11) is 0. The minimum Gasteiger partial charge on any atom is -0.309 e. The van der Waals surface area contributed by atoms with Crippen LogP contribution in [0.4, 0.5) is 0 Å². The third-order valence-corrected chi connectivity index (χ3v) is 5.58. The standard InChI is InChI=1S/C31H22N2/c1-21-26(32-28-15-6-2-11-22(28)23-12-3-7-16-29(23)32)19-10-20-27(21)33-30-17-8-4-13-24(30)25-14-5-9-18-31(25)33/h2-20H,1H3/i2D,3D,4D,5D,6D,7D,8D,9D,10D,11D,12D,13D,14D,15D,16D,17D,18D,19D,20D. The molecule has 0 atom stereocenters. The van der Waals surface area contributed by atoms with Crippen molar-refractivity contribution in [2.75, 3.05) is 0 Å². The molecule has 0 radical (unpaired) electrons. The smallest absolute Gasteiger partial charge is 0.0645 e. The van der Waals surface area contributed by atoms with E-state index in [9.17, 15) is 0 Å². The fraction of sp³-hybridized carbons (Fsp3) is 0.0323. The van der Waals surface area contributed by atoms with Crippen LogP contribution in [0.2, 0.25) is 0 Å². The SMILES string of the molecule is [2H]c1c([2H])c(-n2c3c([2H])c([2H])c([2H])c([2H])c3c3c([2H])c([2H])c([2H])c([2H])c32)c(C)c(-n2c3c([2H])c([2H])c([2H])c([2H])c3c3c([2H])c([2H])c([2H])c([2H])c32)c1[2H]. The summed E-state index contributed by atoms with van der Waals surface area (Å²) in [6.07, 6.45) is 0. The summed E-state index contributed by atoms with van der Waals surface area (Å²) < 4.78 is 167. The Morgan fingerprint density at radius 1 is 0.424 bits per heavy atom. The molecule has 5 aromatic carbocycles. The van der Waals surface area contributed by atoms with Crippen LogP contribution in [-0.4, -0.2) is 9.13 Å². The normalized spacial score (nSPS) is 19.8. The molecule has 2 aromatic heterocycles. The first kappa shape index (κ1) is 7.64. The quantitative estimate of drug-likeness (QED) is 0.256. The molecule has 2 heteroatoms. The van der Waals surface area contributed by atoms with Gasteiger partial charge in [0.05, 0.1) is 59.5 Å². The van der Waals surface area contributed by atoms with Crippen LogP contribution >= 0.6 is 0 Å². The van der Waals surface area contributed by atoms with E-state index in [1.807, 2.05) is 0 Å². The van der Waals surface area contributed by atoms with E-state index in [0.717, 1.165) is 9.13 Å². The van der Waals surface area contributed by atoms with E-state index in [0.29, 0.717) is 0 Å². The molecule has 156 valence electrons. The van der Waals surface area contributed by atoms with Gasteiger partial charge in [-0.1, -0.05) is 78.6 Å². The van der Waals surface area contributed by atoms with E-state index >= 15 is 0 Å². The molecule has 0 amide bonds. The summed E-state index contributed by atoms with van der Waals surface area (Å²) >= 11 is 0. The monoisotopic (exact) mass is 441 g/mol. The maximum absolute atomic E-state index is 9.10. The van der Waals surface area contributed by atoms with Crippen molar-refractivity contribution >= 4 is 43.6 Å². The first-order valence-corrected chi connectivity index (χ1v) is 9.84. The lowest BCUT2D eigenvalue weighted by Crippen LogP contribution is -2.03. The molecule has 0 aliphatic heterocycles. The molecule has 0 fully saturated rings. The van der Waals surface area contributed by atoms with Gasteiger partial charge in [0.2, 0.25) is 0 Å². The molecule has 0 spiro atoms. The van der Waals surface area contributed by atoms with Gasteiger partial charge in [-0.25, -0.2) is 0 Å². The Balaban J connectivity index is 1.84. The van der Waals surface area contributed by atoms with Crippen molar-refractivity contribution in [3.63, 3.8) is 0 Å². The number of rotatable bonds is 2. The first-order valence-electron chi connectivity index (χ1n) is 19.3. The van der Waals surface area contributed by atoms with Crippen molar-refractivity contribution in [3.05, 3.63) is 120 Å². The number of aromatic nitrogens is 2. The topological polar surface area (TPSA) is 9.86 Å². The average molecular weight is 442 g/mol. The van der Waals surface area contributed by atoms with Crippen LogP contribution in [0.25, 0.3) is 55.0 Å². The summed E-state index contributed by atoms with van der Waals surface area (Å²) in [6.45, 7) is 1.32. The molecular formula is C31H22N2. The van der Waals surface area contributed by atoms with Gasteiger partial charge < -0.3 is 9.13 Å². The molecule has 2 nitrogen and oxygen atoms in total. The highest BCUT2D eigenvalue weighted by Crippen LogP contribution is 2.37. The van der Waals surface area contributed by atoms with Crippen LogP contribution in [0, 0.1) is 6.92 Å². The Hall–Kier alpha value is -4.30. The molecule has 0 unspecified atom stereocenters. The van der Waals surface area contributed by atoms with Crippen LogP contribution in [0.1, 0.15) is 31.6 Å². The first-order chi connectivity index (χ1) is 24.2. The summed E-state index contributed by atoms with van der Waals surface area (Å²) in [4.78, 5) is 0. The molecule has 0 aliphatic rings. The number of para-hydroxylation sites is 4. The van der Waals surface area contributed by atoms with E-state index in [1.54, 1.807) is 0 Å². The highest BCUT2D eigenvalue weighted by molar-refractivity contribution is 6.10. The largest absolute Gasteiger partial charge is 0.309 e. The lowest BCUT2D eigenvalue weighted by atomic mass is 10.1. The highest BCUT2D eigenvalue weighted by atomic mass is 15.0. The number of benzene rings is 5. The van der Waals surface area contributed by atoms with E-state index in [-0.39, 0.29) is 60.5 Å². The molecule has 7 rings (SSSR count). The number of hydrogen-bond acceptors (Lipinski definition) is 0. The number of hydrogen-bond donors (Lipinski definition) is 0. The highest BCUT2D eigenvalue weighted by Gasteiger charge is 2.17. The van der Waals surface area contributed by atoms with Gasteiger partial charge in [0, 0.05) is 21.5 Å². The maximum atomic E-state index is 9.10. The molecule has 2 heterocycles. The predicted octanol–water partition coefficient (Wildman–Crippen LogP) is 8.19. The fourth-order valence-corrected chi connectivity index (χ4v) is 4.19. The predicted molar refractivity (Wildman–Crippen MR) is 140 cm³/mol. The Labute approximate surface area is 218 Å². The van der Waals surface area contributed by atoms with Gasteiger partial charge in [-0.15, -0.1) is 0 Å². The molecule has 0 N–H and O–H groups in total. The minimum atomic E-state index is -0.816. The van der Waals surface area contributed by atoms with E-state index in [1.165, 1.54) is 6.92 Å². The Morgan fingerprint density at radius 2 is 0.727 bits per heavy atom. The van der Waals surface area contributed by atoms with Crippen LogP contribution in [0.5, 0.6) is 0 Å². The Morgan fingerprint density at radius 3 is 1.06 bits per heavy atom. The van der Waals surface area contributed by atoms with Crippen molar-refractivity contribution in [1.82, 2.24) is 9.13 Å². The lowest BCUT2D eigenvalue weighted by Gasteiger charge is -2.17. The van der Waals surface area contributed by atoms with E-state index in [2.05, 4.69) is 0 Å². The van der Waals surface area contributed by atoms with Crippen LogP contribution in [-0.2, 0) is 0 Å². The van der Waals surface area contributed by atoms with Crippen molar-refractivity contribution in [1.29, 1.82) is 0 Å². The van der Waals surface area contributed by atoms with Crippen molar-refractivity contribution < 1.29 is 26.0 Å². The number of nitrogens with zero attached hydrogens (tertiary/aromatic N) is 2. The molecule has 7 aromatic rings. The molecule has 0 bridgehead atoms. The lowest BCUT2D eigenvalue weighted by molar-refractivity contribution is 1.09. The summed E-state index contributed by atoms with van der Waals surface area (Å²) in [6, 6.07) is -13.4. The summed E-state index contributed by atoms with van der Waals surface area (Å²) in [5.74, 6) is 0. The van der Waals surface area contributed by atoms with Gasteiger partial charge in [-0.2, -0.15) is 0 Å². The van der Waals surface area contributed by atoms with Crippen LogP contribution in [0.3, 0.4) is 0 Å².